The number of hydrogen-bond donors (Lipinski definition) is 1. The highest BCUT2D eigenvalue weighted by atomic mass is 32.2. The molecule has 5 nitrogen and oxygen atoms in total. The summed E-state index contributed by atoms with van der Waals surface area (Å²) in [6, 6.07) is 3.11. The SMILES string of the molecule is CC(C(=O)N1CCCCC1)S(=O)(=O)c1cc(N)cc(F)c1. The highest BCUT2D eigenvalue weighted by Gasteiger charge is 2.33. The van der Waals surface area contributed by atoms with Crippen molar-refractivity contribution in [3.63, 3.8) is 0 Å². The maximum absolute atomic E-state index is 13.3. The number of piperidine rings is 1. The minimum Gasteiger partial charge on any atom is -0.399 e. The molecule has 1 aromatic carbocycles. The Bertz CT molecular complexity index is 619. The van der Waals surface area contributed by atoms with E-state index < -0.39 is 26.8 Å². The van der Waals surface area contributed by atoms with Gasteiger partial charge < -0.3 is 10.6 Å². The van der Waals surface area contributed by atoms with Gasteiger partial charge >= 0.3 is 0 Å². The first-order valence-corrected chi connectivity index (χ1v) is 8.46. The Kier molecular flexibility index (Phi) is 4.51. The Morgan fingerprint density at radius 3 is 2.43 bits per heavy atom. The van der Waals surface area contributed by atoms with E-state index >= 15 is 0 Å². The van der Waals surface area contributed by atoms with Gasteiger partial charge in [-0.05, 0) is 44.4 Å². The maximum Gasteiger partial charge on any atom is 0.241 e. The van der Waals surface area contributed by atoms with Crippen molar-refractivity contribution in [1.82, 2.24) is 4.90 Å². The predicted octanol–water partition coefficient (Wildman–Crippen LogP) is 1.58. The Hall–Kier alpha value is -1.63. The molecular formula is C14H19FN2O3S. The molecule has 2 N–H and O–H groups in total. The molecule has 0 spiro atoms. The summed E-state index contributed by atoms with van der Waals surface area (Å²) in [4.78, 5) is 13.6. The second-order valence-corrected chi connectivity index (χ2v) is 7.56. The van der Waals surface area contributed by atoms with Crippen LogP contribution in [0.2, 0.25) is 0 Å². The zero-order valence-corrected chi connectivity index (χ0v) is 12.7. The van der Waals surface area contributed by atoms with Gasteiger partial charge in [0, 0.05) is 18.8 Å². The third-order valence-electron chi connectivity index (χ3n) is 3.70. The molecule has 116 valence electrons. The molecule has 0 radical (unpaired) electrons. The van der Waals surface area contributed by atoms with Crippen LogP contribution in [0.3, 0.4) is 0 Å². The number of anilines is 1. The van der Waals surface area contributed by atoms with Crippen LogP contribution in [-0.2, 0) is 14.6 Å². The van der Waals surface area contributed by atoms with Gasteiger partial charge in [-0.15, -0.1) is 0 Å². The minimum atomic E-state index is -3.94. The second kappa shape index (κ2) is 6.01. The highest BCUT2D eigenvalue weighted by Crippen LogP contribution is 2.22. The van der Waals surface area contributed by atoms with Crippen LogP contribution in [0.25, 0.3) is 0 Å². The van der Waals surface area contributed by atoms with Crippen LogP contribution in [0, 0.1) is 5.82 Å². The number of nitrogen functional groups attached to an aromatic ring is 1. The smallest absolute Gasteiger partial charge is 0.241 e. The van der Waals surface area contributed by atoms with E-state index in [9.17, 15) is 17.6 Å². The average molecular weight is 314 g/mol. The van der Waals surface area contributed by atoms with Crippen molar-refractivity contribution < 1.29 is 17.6 Å². The second-order valence-electron chi connectivity index (χ2n) is 5.29. The van der Waals surface area contributed by atoms with Gasteiger partial charge in [-0.2, -0.15) is 0 Å². The van der Waals surface area contributed by atoms with Crippen molar-refractivity contribution >= 4 is 21.4 Å². The molecule has 0 aromatic heterocycles. The monoisotopic (exact) mass is 314 g/mol. The number of likely N-dealkylation sites (tertiary alicyclic amines) is 1. The number of nitrogens with zero attached hydrogens (tertiary/aromatic N) is 1. The summed E-state index contributed by atoms with van der Waals surface area (Å²) in [7, 11) is -3.94. The Morgan fingerprint density at radius 1 is 1.24 bits per heavy atom. The van der Waals surface area contributed by atoms with Crippen molar-refractivity contribution in [2.45, 2.75) is 36.3 Å². The first kappa shape index (κ1) is 15.8. The topological polar surface area (TPSA) is 80.5 Å². The number of benzene rings is 1. The van der Waals surface area contributed by atoms with E-state index in [1.807, 2.05) is 0 Å². The number of hydrogen-bond acceptors (Lipinski definition) is 4. The number of rotatable bonds is 3. The standard InChI is InChI=1S/C14H19FN2O3S/c1-10(14(18)17-5-3-2-4-6-17)21(19,20)13-8-11(15)7-12(16)9-13/h7-10H,2-6,16H2,1H3. The fraction of sp³-hybridized carbons (Fsp3) is 0.500. The van der Waals surface area contributed by atoms with E-state index in [1.165, 1.54) is 13.0 Å². The molecule has 7 heteroatoms. The fourth-order valence-electron chi connectivity index (χ4n) is 2.46. The molecule has 1 aromatic rings. The summed E-state index contributed by atoms with van der Waals surface area (Å²) < 4.78 is 38.2. The molecule has 1 aliphatic heterocycles. The van der Waals surface area contributed by atoms with Gasteiger partial charge in [-0.1, -0.05) is 0 Å². The Balaban J connectivity index is 2.27. The van der Waals surface area contributed by atoms with Crippen molar-refractivity contribution in [2.75, 3.05) is 18.8 Å². The molecule has 1 aliphatic rings. The van der Waals surface area contributed by atoms with Gasteiger partial charge in [0.1, 0.15) is 11.1 Å². The number of sulfone groups is 1. The summed E-state index contributed by atoms with van der Waals surface area (Å²) >= 11 is 0. The molecule has 1 amide bonds. The van der Waals surface area contributed by atoms with Crippen LogP contribution < -0.4 is 5.73 Å². The van der Waals surface area contributed by atoms with E-state index in [-0.39, 0.29) is 10.6 Å². The van der Waals surface area contributed by atoms with Gasteiger partial charge in [0.25, 0.3) is 0 Å². The van der Waals surface area contributed by atoms with Gasteiger partial charge in [-0.25, -0.2) is 12.8 Å². The molecule has 1 saturated heterocycles. The summed E-state index contributed by atoms with van der Waals surface area (Å²) in [5.74, 6) is -1.16. The lowest BCUT2D eigenvalue weighted by atomic mass is 10.1. The van der Waals surface area contributed by atoms with Crippen molar-refractivity contribution in [2.24, 2.45) is 0 Å². The quantitative estimate of drug-likeness (QED) is 0.859. The molecule has 1 heterocycles. The number of carbonyl (C=O) groups excluding carboxylic acids is 1. The largest absolute Gasteiger partial charge is 0.399 e. The number of amides is 1. The van der Waals surface area contributed by atoms with E-state index in [2.05, 4.69) is 0 Å². The first-order chi connectivity index (χ1) is 9.82. The lowest BCUT2D eigenvalue weighted by Gasteiger charge is -2.29. The van der Waals surface area contributed by atoms with Gasteiger partial charge in [0.2, 0.25) is 5.91 Å². The first-order valence-electron chi connectivity index (χ1n) is 6.91. The van der Waals surface area contributed by atoms with Gasteiger partial charge in [-0.3, -0.25) is 4.79 Å². The van der Waals surface area contributed by atoms with Crippen LogP contribution in [-0.4, -0.2) is 37.6 Å². The van der Waals surface area contributed by atoms with E-state index in [0.717, 1.165) is 31.4 Å². The normalized spacial score (nSPS) is 17.5. The fourth-order valence-corrected chi connectivity index (χ4v) is 3.86. The maximum atomic E-state index is 13.3. The van der Waals surface area contributed by atoms with Crippen LogP contribution in [0.15, 0.2) is 23.1 Å². The third-order valence-corrected chi connectivity index (χ3v) is 5.73. The van der Waals surface area contributed by atoms with E-state index in [1.54, 1.807) is 4.90 Å². The molecule has 0 bridgehead atoms. The summed E-state index contributed by atoms with van der Waals surface area (Å²) in [5, 5.41) is -1.24. The Morgan fingerprint density at radius 2 is 1.86 bits per heavy atom. The van der Waals surface area contributed by atoms with Gasteiger partial charge in [0.05, 0.1) is 4.90 Å². The molecule has 0 saturated carbocycles. The summed E-state index contributed by atoms with van der Waals surface area (Å²) in [6.45, 7) is 2.49. The predicted molar refractivity (Wildman–Crippen MR) is 77.9 cm³/mol. The third kappa shape index (κ3) is 3.34. The van der Waals surface area contributed by atoms with E-state index in [0.29, 0.717) is 13.1 Å². The lowest BCUT2D eigenvalue weighted by molar-refractivity contribution is -0.131. The Labute approximate surface area is 123 Å². The highest BCUT2D eigenvalue weighted by molar-refractivity contribution is 7.92. The zero-order chi connectivity index (χ0) is 15.6. The number of nitrogens with two attached hydrogens (primary N) is 1. The van der Waals surface area contributed by atoms with Crippen LogP contribution in [0.1, 0.15) is 26.2 Å². The summed E-state index contributed by atoms with van der Waals surface area (Å²) in [5.41, 5.74) is 5.50. The molecule has 1 fully saturated rings. The molecular weight excluding hydrogens is 295 g/mol. The van der Waals surface area contributed by atoms with Crippen LogP contribution >= 0.6 is 0 Å². The summed E-state index contributed by atoms with van der Waals surface area (Å²) in [6.07, 6.45) is 2.81. The zero-order valence-electron chi connectivity index (χ0n) is 11.9. The van der Waals surface area contributed by atoms with E-state index in [4.69, 9.17) is 5.73 Å². The van der Waals surface area contributed by atoms with Crippen LogP contribution in [0.4, 0.5) is 10.1 Å². The van der Waals surface area contributed by atoms with Crippen LogP contribution in [0.5, 0.6) is 0 Å². The molecule has 0 aliphatic carbocycles. The average Bonchev–Trinajstić information content (AvgIpc) is 2.45. The number of halogens is 1. The molecule has 1 atom stereocenters. The van der Waals surface area contributed by atoms with Crippen molar-refractivity contribution in [1.29, 1.82) is 0 Å². The van der Waals surface area contributed by atoms with Gasteiger partial charge in [0.15, 0.2) is 9.84 Å². The van der Waals surface area contributed by atoms with Crippen molar-refractivity contribution in [3.8, 4) is 0 Å². The number of carbonyl (C=O) groups is 1. The molecule has 1 unspecified atom stereocenters. The molecule has 21 heavy (non-hydrogen) atoms. The molecule has 2 rings (SSSR count). The lowest BCUT2D eigenvalue weighted by Crippen LogP contribution is -2.44. The minimum absolute atomic E-state index is 0.0196. The van der Waals surface area contributed by atoms with Crippen molar-refractivity contribution in [3.05, 3.63) is 24.0 Å².